The largest absolute Gasteiger partial charge is 0.507 e. The first-order valence-electron chi connectivity index (χ1n) is 6.31. The van der Waals surface area contributed by atoms with Gasteiger partial charge in [0.05, 0.1) is 11.1 Å². The Balaban J connectivity index is 2.40. The highest BCUT2D eigenvalue weighted by Crippen LogP contribution is 2.34. The number of carbonyl (C=O) groups excluding carboxylic acids is 2. The maximum Gasteiger partial charge on any atom is 0.167 e. The van der Waals surface area contributed by atoms with Crippen LogP contribution in [0.1, 0.15) is 53.3 Å². The van der Waals surface area contributed by atoms with Gasteiger partial charge in [0, 0.05) is 25.1 Å². The van der Waals surface area contributed by atoms with Crippen LogP contribution in [0.15, 0.2) is 12.1 Å². The number of anilines is 1. The number of unbranched alkanes of at least 4 members (excludes halogenated alkanes) is 1. The predicted octanol–water partition coefficient (Wildman–Crippen LogP) is 2.76. The number of phenols is 1. The summed E-state index contributed by atoms with van der Waals surface area (Å²) in [6.07, 6.45) is 2.48. The maximum absolute atomic E-state index is 11.9. The molecular weight excluding hydrogens is 230 g/mol. The monoisotopic (exact) mass is 247 g/mol. The summed E-state index contributed by atoms with van der Waals surface area (Å²) in [7, 11) is 0. The lowest BCUT2D eigenvalue weighted by molar-refractivity contribution is 0.0888. The fraction of sp³-hybridized carbons (Fsp3) is 0.429. The van der Waals surface area contributed by atoms with Gasteiger partial charge < -0.3 is 10.4 Å². The summed E-state index contributed by atoms with van der Waals surface area (Å²) in [6, 6.07) is 3.14. The Morgan fingerprint density at radius 1 is 1.17 bits per heavy atom. The SMILES string of the molecule is CCCCNc1ccc(O)c2c1C(=O)CCC2=O. The molecule has 0 fully saturated rings. The number of carbonyl (C=O) groups is 2. The van der Waals surface area contributed by atoms with Crippen molar-refractivity contribution in [2.24, 2.45) is 0 Å². The van der Waals surface area contributed by atoms with E-state index in [0.29, 0.717) is 11.3 Å². The summed E-state index contributed by atoms with van der Waals surface area (Å²) in [4.78, 5) is 23.7. The van der Waals surface area contributed by atoms with Crippen LogP contribution in [-0.4, -0.2) is 23.2 Å². The highest BCUT2D eigenvalue weighted by atomic mass is 16.3. The van der Waals surface area contributed by atoms with Gasteiger partial charge in [-0.05, 0) is 18.6 Å². The molecule has 96 valence electrons. The number of phenolic OH excluding ortho intramolecular Hbond substituents is 1. The minimum Gasteiger partial charge on any atom is -0.507 e. The summed E-state index contributed by atoms with van der Waals surface area (Å²) in [6.45, 7) is 2.85. The van der Waals surface area contributed by atoms with Gasteiger partial charge in [-0.2, -0.15) is 0 Å². The molecule has 0 amide bonds. The van der Waals surface area contributed by atoms with E-state index < -0.39 is 0 Å². The zero-order valence-electron chi connectivity index (χ0n) is 10.5. The Morgan fingerprint density at radius 3 is 2.50 bits per heavy atom. The Bertz CT molecular complexity index is 494. The summed E-state index contributed by atoms with van der Waals surface area (Å²) in [5.41, 5.74) is 1.21. The second kappa shape index (κ2) is 5.21. The Kier molecular flexibility index (Phi) is 3.65. The third-order valence-corrected chi connectivity index (χ3v) is 3.17. The highest BCUT2D eigenvalue weighted by Gasteiger charge is 2.29. The van der Waals surface area contributed by atoms with Crippen molar-refractivity contribution in [2.75, 3.05) is 11.9 Å². The molecule has 1 aromatic carbocycles. The smallest absolute Gasteiger partial charge is 0.167 e. The third-order valence-electron chi connectivity index (χ3n) is 3.17. The van der Waals surface area contributed by atoms with E-state index in [-0.39, 0.29) is 35.7 Å². The first-order chi connectivity index (χ1) is 8.65. The lowest BCUT2D eigenvalue weighted by Gasteiger charge is -2.19. The van der Waals surface area contributed by atoms with Gasteiger partial charge in [-0.15, -0.1) is 0 Å². The van der Waals surface area contributed by atoms with Crippen molar-refractivity contribution < 1.29 is 14.7 Å². The second-order valence-electron chi connectivity index (χ2n) is 4.51. The number of benzene rings is 1. The van der Waals surface area contributed by atoms with Crippen LogP contribution in [0.4, 0.5) is 5.69 Å². The Labute approximate surface area is 106 Å². The second-order valence-corrected chi connectivity index (χ2v) is 4.51. The van der Waals surface area contributed by atoms with Crippen LogP contribution in [0, 0.1) is 0 Å². The molecule has 0 atom stereocenters. The topological polar surface area (TPSA) is 66.4 Å². The molecular formula is C14H17NO3. The molecule has 4 nitrogen and oxygen atoms in total. The van der Waals surface area contributed by atoms with Crippen molar-refractivity contribution in [1.29, 1.82) is 0 Å². The van der Waals surface area contributed by atoms with Crippen LogP contribution >= 0.6 is 0 Å². The number of Topliss-reactive ketones (excluding diaryl/α,β-unsaturated/α-hetero) is 2. The summed E-state index contributed by atoms with van der Waals surface area (Å²) in [5.74, 6) is -0.315. The van der Waals surface area contributed by atoms with E-state index in [1.807, 2.05) is 0 Å². The number of fused-ring (bicyclic) bond motifs is 1. The fourth-order valence-electron chi connectivity index (χ4n) is 2.19. The lowest BCUT2D eigenvalue weighted by atomic mass is 9.87. The minimum absolute atomic E-state index is 0.0699. The number of nitrogens with one attached hydrogen (secondary N) is 1. The molecule has 0 aliphatic heterocycles. The molecule has 0 bridgehead atoms. The average molecular weight is 247 g/mol. The summed E-state index contributed by atoms with van der Waals surface area (Å²) >= 11 is 0. The van der Waals surface area contributed by atoms with Gasteiger partial charge in [-0.1, -0.05) is 13.3 Å². The van der Waals surface area contributed by atoms with Crippen LogP contribution in [0.2, 0.25) is 0 Å². The van der Waals surface area contributed by atoms with Gasteiger partial charge in [0.1, 0.15) is 5.75 Å². The summed E-state index contributed by atoms with van der Waals surface area (Å²) in [5, 5.41) is 12.9. The van der Waals surface area contributed by atoms with Gasteiger partial charge in [-0.25, -0.2) is 0 Å². The zero-order valence-corrected chi connectivity index (χ0v) is 10.5. The van der Waals surface area contributed by atoms with Gasteiger partial charge in [0.25, 0.3) is 0 Å². The molecule has 0 radical (unpaired) electrons. The van der Waals surface area contributed by atoms with Crippen molar-refractivity contribution >= 4 is 17.3 Å². The number of hydrogen-bond acceptors (Lipinski definition) is 4. The molecule has 0 spiro atoms. The summed E-state index contributed by atoms with van der Waals surface area (Å²) < 4.78 is 0. The quantitative estimate of drug-likeness (QED) is 0.634. The number of ketones is 2. The molecule has 0 aromatic heterocycles. The van der Waals surface area contributed by atoms with Crippen LogP contribution in [0.25, 0.3) is 0 Å². The first-order valence-corrected chi connectivity index (χ1v) is 6.31. The van der Waals surface area contributed by atoms with Crippen molar-refractivity contribution in [3.63, 3.8) is 0 Å². The van der Waals surface area contributed by atoms with Crippen LogP contribution < -0.4 is 5.32 Å². The lowest BCUT2D eigenvalue weighted by Crippen LogP contribution is -2.19. The van der Waals surface area contributed by atoms with Crippen molar-refractivity contribution in [3.05, 3.63) is 23.3 Å². The van der Waals surface area contributed by atoms with E-state index in [9.17, 15) is 14.7 Å². The molecule has 0 heterocycles. The Hall–Kier alpha value is -1.84. The van der Waals surface area contributed by atoms with E-state index in [0.717, 1.165) is 19.4 Å². The van der Waals surface area contributed by atoms with E-state index >= 15 is 0 Å². The van der Waals surface area contributed by atoms with Gasteiger partial charge in [0.15, 0.2) is 11.6 Å². The third kappa shape index (κ3) is 2.23. The van der Waals surface area contributed by atoms with Gasteiger partial charge in [0.2, 0.25) is 0 Å². The first kappa shape index (κ1) is 12.6. The number of rotatable bonds is 4. The number of aromatic hydroxyl groups is 1. The van der Waals surface area contributed by atoms with Gasteiger partial charge >= 0.3 is 0 Å². The predicted molar refractivity (Wildman–Crippen MR) is 69.4 cm³/mol. The number of hydrogen-bond donors (Lipinski definition) is 2. The normalized spacial score (nSPS) is 14.5. The molecule has 2 rings (SSSR count). The Morgan fingerprint density at radius 2 is 1.83 bits per heavy atom. The van der Waals surface area contributed by atoms with E-state index in [4.69, 9.17) is 0 Å². The van der Waals surface area contributed by atoms with Gasteiger partial charge in [-0.3, -0.25) is 9.59 Å². The maximum atomic E-state index is 11.9. The van der Waals surface area contributed by atoms with E-state index in [2.05, 4.69) is 12.2 Å². The average Bonchev–Trinajstić information content (AvgIpc) is 2.36. The van der Waals surface area contributed by atoms with E-state index in [1.54, 1.807) is 6.07 Å². The molecule has 0 saturated carbocycles. The van der Waals surface area contributed by atoms with Crippen molar-refractivity contribution in [3.8, 4) is 5.75 Å². The molecule has 18 heavy (non-hydrogen) atoms. The van der Waals surface area contributed by atoms with Crippen LogP contribution in [0.3, 0.4) is 0 Å². The molecule has 2 N–H and O–H groups in total. The van der Waals surface area contributed by atoms with Crippen LogP contribution in [0.5, 0.6) is 5.75 Å². The fourth-order valence-corrected chi connectivity index (χ4v) is 2.19. The van der Waals surface area contributed by atoms with Crippen LogP contribution in [-0.2, 0) is 0 Å². The molecule has 0 saturated heterocycles. The van der Waals surface area contributed by atoms with Crippen molar-refractivity contribution in [1.82, 2.24) is 0 Å². The highest BCUT2D eigenvalue weighted by molar-refractivity contribution is 6.17. The van der Waals surface area contributed by atoms with Crippen molar-refractivity contribution in [2.45, 2.75) is 32.6 Å². The molecule has 1 aliphatic carbocycles. The van der Waals surface area contributed by atoms with E-state index in [1.165, 1.54) is 6.07 Å². The standard InChI is InChI=1S/C14H17NO3/c1-2-3-8-15-9-4-5-11(17)14-12(18)7-6-10(16)13(9)14/h4-5,15,17H,2-3,6-8H2,1H3. The zero-order chi connectivity index (χ0) is 13.1. The molecule has 4 heteroatoms. The molecule has 1 aliphatic rings. The minimum atomic E-state index is -0.152. The molecule has 0 unspecified atom stereocenters. The molecule has 1 aromatic rings.